The first-order valence-electron chi connectivity index (χ1n) is 9.14. The van der Waals surface area contributed by atoms with Crippen molar-refractivity contribution in [2.24, 2.45) is 0 Å². The Morgan fingerprint density at radius 3 is 2.28 bits per heavy atom. The molecule has 7 nitrogen and oxygen atoms in total. The number of carbonyl (C=O) groups is 2. The van der Waals surface area contributed by atoms with Crippen molar-refractivity contribution in [2.75, 3.05) is 31.2 Å². The highest BCUT2D eigenvalue weighted by molar-refractivity contribution is 7.98. The van der Waals surface area contributed by atoms with Crippen LogP contribution in [0.2, 0.25) is 0 Å². The lowest BCUT2D eigenvalue weighted by molar-refractivity contribution is -0.115. The molecule has 0 unspecified atom stereocenters. The van der Waals surface area contributed by atoms with Crippen molar-refractivity contribution in [1.29, 1.82) is 0 Å². The Balaban J connectivity index is 2.01. The average Bonchev–Trinajstić information content (AvgIpc) is 2.73. The first kappa shape index (κ1) is 22.9. The maximum absolute atomic E-state index is 12.6. The van der Waals surface area contributed by atoms with E-state index in [2.05, 4.69) is 10.6 Å². The number of sulfonamides is 1. The van der Waals surface area contributed by atoms with Crippen molar-refractivity contribution in [3.8, 4) is 0 Å². The molecule has 2 aromatic rings. The molecular weight excluding hydrogens is 410 g/mol. The SMILES string of the molecule is CCN(CC)S(=O)(=O)c1cccc(C(=O)NCC(=O)Nc2ccc(SC)cc2)c1. The molecule has 0 heterocycles. The van der Waals surface area contributed by atoms with E-state index in [0.717, 1.165) is 4.90 Å². The minimum absolute atomic E-state index is 0.0483. The average molecular weight is 436 g/mol. The fourth-order valence-electron chi connectivity index (χ4n) is 2.65. The Kier molecular flexibility index (Phi) is 8.24. The van der Waals surface area contributed by atoms with Crippen molar-refractivity contribution < 1.29 is 18.0 Å². The second-order valence-corrected chi connectivity index (χ2v) is 8.89. The number of carbonyl (C=O) groups excluding carboxylic acids is 2. The van der Waals surface area contributed by atoms with Gasteiger partial charge in [-0.3, -0.25) is 9.59 Å². The van der Waals surface area contributed by atoms with Gasteiger partial charge < -0.3 is 10.6 Å². The lowest BCUT2D eigenvalue weighted by atomic mass is 10.2. The predicted molar refractivity (Wildman–Crippen MR) is 116 cm³/mol. The number of amides is 2. The highest BCUT2D eigenvalue weighted by Gasteiger charge is 2.22. The molecule has 0 saturated carbocycles. The van der Waals surface area contributed by atoms with E-state index in [1.165, 1.54) is 28.6 Å². The zero-order valence-corrected chi connectivity index (χ0v) is 18.3. The van der Waals surface area contributed by atoms with Gasteiger partial charge in [0.15, 0.2) is 0 Å². The summed E-state index contributed by atoms with van der Waals surface area (Å²) < 4.78 is 26.5. The van der Waals surface area contributed by atoms with Crippen molar-refractivity contribution in [2.45, 2.75) is 23.6 Å². The topological polar surface area (TPSA) is 95.6 Å². The molecule has 0 aliphatic carbocycles. The highest BCUT2D eigenvalue weighted by Crippen LogP contribution is 2.18. The van der Waals surface area contributed by atoms with Crippen LogP contribution in [0, 0.1) is 0 Å². The highest BCUT2D eigenvalue weighted by atomic mass is 32.2. The molecular formula is C20H25N3O4S2. The monoisotopic (exact) mass is 435 g/mol. The molecule has 2 N–H and O–H groups in total. The van der Waals surface area contributed by atoms with Crippen LogP contribution in [0.1, 0.15) is 24.2 Å². The van der Waals surface area contributed by atoms with Crippen molar-refractivity contribution in [3.05, 3.63) is 54.1 Å². The number of nitrogens with one attached hydrogen (secondary N) is 2. The molecule has 9 heteroatoms. The molecule has 0 aromatic heterocycles. The van der Waals surface area contributed by atoms with Crippen molar-refractivity contribution in [1.82, 2.24) is 9.62 Å². The molecule has 156 valence electrons. The molecule has 0 fully saturated rings. The first-order valence-corrected chi connectivity index (χ1v) is 11.8. The normalized spacial score (nSPS) is 11.3. The number of benzene rings is 2. The van der Waals surface area contributed by atoms with E-state index in [-0.39, 0.29) is 22.9 Å². The van der Waals surface area contributed by atoms with Crippen molar-refractivity contribution in [3.63, 3.8) is 0 Å². The molecule has 0 aliphatic rings. The minimum atomic E-state index is -3.66. The van der Waals surface area contributed by atoms with Gasteiger partial charge in [0, 0.05) is 29.2 Å². The maximum Gasteiger partial charge on any atom is 0.251 e. The van der Waals surface area contributed by atoms with Crippen molar-refractivity contribution >= 4 is 39.3 Å². The number of nitrogens with zero attached hydrogens (tertiary/aromatic N) is 1. The summed E-state index contributed by atoms with van der Waals surface area (Å²) in [5.74, 6) is -0.892. The van der Waals surface area contributed by atoms with Crippen LogP contribution in [0.4, 0.5) is 5.69 Å². The quantitative estimate of drug-likeness (QED) is 0.591. The zero-order chi connectivity index (χ0) is 21.4. The molecule has 0 bridgehead atoms. The van der Waals surface area contributed by atoms with Gasteiger partial charge in [0.1, 0.15) is 0 Å². The molecule has 0 aliphatic heterocycles. The summed E-state index contributed by atoms with van der Waals surface area (Å²) in [6, 6.07) is 13.1. The van der Waals surface area contributed by atoms with Gasteiger partial charge in [0.25, 0.3) is 5.91 Å². The number of anilines is 1. The van der Waals surface area contributed by atoms with E-state index in [4.69, 9.17) is 0 Å². The second-order valence-electron chi connectivity index (χ2n) is 6.08. The van der Waals surface area contributed by atoms with E-state index in [9.17, 15) is 18.0 Å². The standard InChI is InChI=1S/C20H25N3O4S2/c1-4-23(5-2)29(26,27)18-8-6-7-15(13-18)20(25)21-14-19(24)22-16-9-11-17(28-3)12-10-16/h6-13H,4-5,14H2,1-3H3,(H,21,25)(H,22,24). The Morgan fingerprint density at radius 1 is 1.03 bits per heavy atom. The second kappa shape index (κ2) is 10.4. The molecule has 0 atom stereocenters. The Hall–Kier alpha value is -2.36. The molecule has 29 heavy (non-hydrogen) atoms. The molecule has 2 aromatic carbocycles. The molecule has 0 spiro atoms. The molecule has 0 saturated heterocycles. The lowest BCUT2D eigenvalue weighted by Gasteiger charge is -2.18. The minimum Gasteiger partial charge on any atom is -0.343 e. The number of rotatable bonds is 9. The Morgan fingerprint density at radius 2 is 1.69 bits per heavy atom. The maximum atomic E-state index is 12.6. The Bertz CT molecular complexity index is 956. The summed E-state index contributed by atoms with van der Waals surface area (Å²) in [5, 5.41) is 5.21. The lowest BCUT2D eigenvalue weighted by Crippen LogP contribution is -2.33. The number of thioether (sulfide) groups is 1. The summed E-state index contributed by atoms with van der Waals surface area (Å²) in [4.78, 5) is 25.6. The third-order valence-corrected chi connectivity index (χ3v) is 7.01. The van der Waals surface area contributed by atoms with Crippen LogP contribution in [-0.2, 0) is 14.8 Å². The summed E-state index contributed by atoms with van der Waals surface area (Å²) in [6.07, 6.45) is 1.96. The van der Waals surface area contributed by atoms with Crippen LogP contribution in [-0.4, -0.2) is 50.4 Å². The smallest absolute Gasteiger partial charge is 0.251 e. The third-order valence-electron chi connectivity index (χ3n) is 4.22. The van der Waals surface area contributed by atoms with Gasteiger partial charge >= 0.3 is 0 Å². The predicted octanol–water partition coefficient (Wildman–Crippen LogP) is 2.81. The number of hydrogen-bond donors (Lipinski definition) is 2. The van der Waals surface area contributed by atoms with Crippen LogP contribution >= 0.6 is 11.8 Å². The zero-order valence-electron chi connectivity index (χ0n) is 16.6. The molecule has 0 radical (unpaired) electrons. The largest absolute Gasteiger partial charge is 0.343 e. The van der Waals surface area contributed by atoms with Gasteiger partial charge in [0.05, 0.1) is 11.4 Å². The third kappa shape index (κ3) is 6.06. The van der Waals surface area contributed by atoms with Gasteiger partial charge in [-0.1, -0.05) is 19.9 Å². The summed E-state index contributed by atoms with van der Waals surface area (Å²) >= 11 is 1.60. The van der Waals surface area contributed by atoms with Crippen LogP contribution in [0.3, 0.4) is 0 Å². The van der Waals surface area contributed by atoms with E-state index >= 15 is 0 Å². The number of hydrogen-bond acceptors (Lipinski definition) is 5. The fourth-order valence-corrected chi connectivity index (χ4v) is 4.57. The molecule has 2 rings (SSSR count). The first-order chi connectivity index (χ1) is 13.8. The fraction of sp³-hybridized carbons (Fsp3) is 0.300. The van der Waals surface area contributed by atoms with E-state index in [0.29, 0.717) is 18.8 Å². The van der Waals surface area contributed by atoms with Crippen LogP contribution in [0.25, 0.3) is 0 Å². The van der Waals surface area contributed by atoms with E-state index in [1.807, 2.05) is 18.4 Å². The summed E-state index contributed by atoms with van der Waals surface area (Å²) in [7, 11) is -3.66. The van der Waals surface area contributed by atoms with Crippen LogP contribution in [0.15, 0.2) is 58.3 Å². The molecule has 2 amide bonds. The summed E-state index contributed by atoms with van der Waals surface area (Å²) in [5.41, 5.74) is 0.810. The van der Waals surface area contributed by atoms with Gasteiger partial charge in [-0.2, -0.15) is 4.31 Å². The summed E-state index contributed by atoms with van der Waals surface area (Å²) in [6.45, 7) is 3.96. The van der Waals surface area contributed by atoms with E-state index in [1.54, 1.807) is 37.7 Å². The van der Waals surface area contributed by atoms with Gasteiger partial charge in [0.2, 0.25) is 15.9 Å². The van der Waals surface area contributed by atoms with Gasteiger partial charge in [-0.25, -0.2) is 8.42 Å². The van der Waals surface area contributed by atoms with Crippen LogP contribution in [0.5, 0.6) is 0 Å². The van der Waals surface area contributed by atoms with Gasteiger partial charge in [-0.15, -0.1) is 11.8 Å². The van der Waals surface area contributed by atoms with Crippen LogP contribution < -0.4 is 10.6 Å². The van der Waals surface area contributed by atoms with E-state index < -0.39 is 15.9 Å². The van der Waals surface area contributed by atoms with Gasteiger partial charge in [-0.05, 0) is 48.7 Å². The Labute approximate surface area is 175 Å².